The van der Waals surface area contributed by atoms with Crippen molar-refractivity contribution in [2.45, 2.75) is 65.8 Å². The molecule has 16 heavy (non-hydrogen) atoms. The molecule has 0 aliphatic heterocycles. The topological polar surface area (TPSA) is 35.5 Å². The van der Waals surface area contributed by atoms with E-state index in [0.717, 1.165) is 0 Å². The Morgan fingerprint density at radius 1 is 1.31 bits per heavy atom. The Kier molecular flexibility index (Phi) is 5.73. The zero-order valence-electron chi connectivity index (χ0n) is 11.3. The molecule has 0 fully saturated rings. The van der Waals surface area contributed by atoms with Crippen molar-refractivity contribution in [2.24, 2.45) is 0 Å². The van der Waals surface area contributed by atoms with Crippen LogP contribution in [0, 0.1) is 0 Å². The minimum Gasteiger partial charge on any atom is -0.456 e. The molecule has 0 aromatic heterocycles. The summed E-state index contributed by atoms with van der Waals surface area (Å²) in [5.41, 5.74) is -0.102. The second-order valence-electron chi connectivity index (χ2n) is 5.13. The lowest BCUT2D eigenvalue weighted by Crippen LogP contribution is -2.33. The van der Waals surface area contributed by atoms with Crippen LogP contribution in [0.1, 0.15) is 48.0 Å². The molecule has 0 N–H and O–H groups in total. The maximum absolute atomic E-state index is 11.4. The van der Waals surface area contributed by atoms with E-state index in [1.807, 2.05) is 34.6 Å². The fraction of sp³-hybridized carbons (Fsp3) is 0.769. The summed E-state index contributed by atoms with van der Waals surface area (Å²) in [6, 6.07) is 0. The molecule has 0 saturated heterocycles. The average molecular weight is 228 g/mol. The summed E-state index contributed by atoms with van der Waals surface area (Å²) in [6.07, 6.45) is 0.917. The van der Waals surface area contributed by atoms with E-state index in [1.54, 1.807) is 6.92 Å². The van der Waals surface area contributed by atoms with E-state index in [0.29, 0.717) is 12.0 Å². The predicted octanol–water partition coefficient (Wildman–Crippen LogP) is 3.09. The molecule has 0 rings (SSSR count). The van der Waals surface area contributed by atoms with Gasteiger partial charge in [0.25, 0.3) is 0 Å². The Morgan fingerprint density at radius 2 is 1.81 bits per heavy atom. The zero-order valence-corrected chi connectivity index (χ0v) is 11.3. The van der Waals surface area contributed by atoms with E-state index in [-0.39, 0.29) is 18.2 Å². The monoisotopic (exact) mass is 228 g/mol. The minimum atomic E-state index is -0.523. The van der Waals surface area contributed by atoms with Crippen LogP contribution in [0.25, 0.3) is 0 Å². The van der Waals surface area contributed by atoms with Crippen molar-refractivity contribution in [1.29, 1.82) is 0 Å². The third kappa shape index (κ3) is 6.62. The summed E-state index contributed by atoms with van der Waals surface area (Å²) in [6.45, 7) is 14.9. The van der Waals surface area contributed by atoms with Gasteiger partial charge >= 0.3 is 5.97 Å². The fourth-order valence-corrected chi connectivity index (χ4v) is 1.58. The van der Waals surface area contributed by atoms with E-state index < -0.39 is 5.60 Å². The van der Waals surface area contributed by atoms with Crippen LogP contribution in [0.3, 0.4) is 0 Å². The number of carbonyl (C=O) groups is 1. The van der Waals surface area contributed by atoms with Crippen molar-refractivity contribution in [2.75, 3.05) is 0 Å². The second kappa shape index (κ2) is 6.04. The Balaban J connectivity index is 4.23. The number of carbonyl (C=O) groups excluding carboxylic acids is 1. The highest BCUT2D eigenvalue weighted by atomic mass is 16.6. The highest BCUT2D eigenvalue weighted by molar-refractivity contribution is 5.87. The Hall–Kier alpha value is -0.830. The highest BCUT2D eigenvalue weighted by Gasteiger charge is 2.26. The lowest BCUT2D eigenvalue weighted by atomic mass is 10.0. The van der Waals surface area contributed by atoms with Gasteiger partial charge in [-0.1, -0.05) is 6.58 Å². The molecule has 0 heterocycles. The second-order valence-corrected chi connectivity index (χ2v) is 5.13. The zero-order chi connectivity index (χ0) is 12.9. The number of hydrogen-bond acceptors (Lipinski definition) is 3. The van der Waals surface area contributed by atoms with Gasteiger partial charge in [-0.2, -0.15) is 0 Å². The van der Waals surface area contributed by atoms with Gasteiger partial charge in [0.05, 0.1) is 12.2 Å². The summed E-state index contributed by atoms with van der Waals surface area (Å²) < 4.78 is 10.9. The third-order valence-corrected chi connectivity index (χ3v) is 2.00. The first-order chi connectivity index (χ1) is 7.14. The van der Waals surface area contributed by atoms with Crippen LogP contribution in [-0.4, -0.2) is 23.8 Å². The molecule has 0 radical (unpaired) electrons. The Bertz CT molecular complexity index is 254. The molecule has 0 amide bonds. The van der Waals surface area contributed by atoms with Gasteiger partial charge in [0.15, 0.2) is 0 Å². The van der Waals surface area contributed by atoms with E-state index in [9.17, 15) is 4.79 Å². The number of rotatable bonds is 6. The van der Waals surface area contributed by atoms with Gasteiger partial charge in [-0.3, -0.25) is 0 Å². The summed E-state index contributed by atoms with van der Waals surface area (Å²) in [4.78, 5) is 11.4. The summed E-state index contributed by atoms with van der Waals surface area (Å²) in [5, 5.41) is 0. The van der Waals surface area contributed by atoms with Crippen molar-refractivity contribution < 1.29 is 14.3 Å². The van der Waals surface area contributed by atoms with E-state index in [1.165, 1.54) is 0 Å². The Morgan fingerprint density at radius 3 is 2.19 bits per heavy atom. The molecule has 1 atom stereocenters. The highest BCUT2D eigenvalue weighted by Crippen LogP contribution is 2.20. The average Bonchev–Trinajstić information content (AvgIpc) is 1.98. The molecule has 0 saturated carbocycles. The molecule has 0 spiro atoms. The van der Waals surface area contributed by atoms with Crippen molar-refractivity contribution in [3.63, 3.8) is 0 Å². The maximum Gasteiger partial charge on any atom is 0.333 e. The first kappa shape index (κ1) is 15.2. The van der Waals surface area contributed by atoms with Gasteiger partial charge < -0.3 is 9.47 Å². The van der Waals surface area contributed by atoms with Crippen molar-refractivity contribution in [3.8, 4) is 0 Å². The largest absolute Gasteiger partial charge is 0.456 e. The quantitative estimate of drug-likeness (QED) is 0.517. The number of hydrogen-bond donors (Lipinski definition) is 0. The van der Waals surface area contributed by atoms with Crippen LogP contribution in [0.5, 0.6) is 0 Å². The molecular formula is C13H24O3. The van der Waals surface area contributed by atoms with E-state index >= 15 is 0 Å². The minimum absolute atomic E-state index is 0.0629. The van der Waals surface area contributed by atoms with Crippen LogP contribution in [0.15, 0.2) is 12.2 Å². The van der Waals surface area contributed by atoms with Gasteiger partial charge in [-0.15, -0.1) is 0 Å². The van der Waals surface area contributed by atoms with Gasteiger partial charge in [0.2, 0.25) is 0 Å². The lowest BCUT2D eigenvalue weighted by molar-refractivity contribution is -0.155. The van der Waals surface area contributed by atoms with E-state index in [4.69, 9.17) is 9.47 Å². The van der Waals surface area contributed by atoms with Crippen molar-refractivity contribution in [1.82, 2.24) is 0 Å². The molecule has 3 nitrogen and oxygen atoms in total. The molecule has 0 aliphatic rings. The van der Waals surface area contributed by atoms with Crippen LogP contribution in [0.4, 0.5) is 0 Å². The SMILES string of the molecule is C=C(C)C(=O)OC(C)(C)CC(C)OC(C)C. The lowest BCUT2D eigenvalue weighted by Gasteiger charge is -2.29. The molecule has 0 aromatic carbocycles. The standard InChI is InChI=1S/C13H24O3/c1-9(2)12(14)16-13(6,7)8-11(5)15-10(3)4/h10-11H,1,8H2,2-7H3. The number of esters is 1. The number of ether oxygens (including phenoxy) is 2. The third-order valence-electron chi connectivity index (χ3n) is 2.00. The van der Waals surface area contributed by atoms with Crippen molar-refractivity contribution in [3.05, 3.63) is 12.2 Å². The van der Waals surface area contributed by atoms with Crippen LogP contribution in [-0.2, 0) is 14.3 Å². The summed E-state index contributed by atoms with van der Waals surface area (Å²) in [7, 11) is 0. The van der Waals surface area contributed by atoms with Crippen molar-refractivity contribution >= 4 is 5.97 Å². The Labute approximate surface area is 98.8 Å². The maximum atomic E-state index is 11.4. The summed E-state index contributed by atoms with van der Waals surface area (Å²) in [5.74, 6) is -0.346. The van der Waals surface area contributed by atoms with Gasteiger partial charge in [-0.25, -0.2) is 4.79 Å². The smallest absolute Gasteiger partial charge is 0.333 e. The summed E-state index contributed by atoms with van der Waals surface area (Å²) >= 11 is 0. The molecular weight excluding hydrogens is 204 g/mol. The van der Waals surface area contributed by atoms with Crippen LogP contribution >= 0.6 is 0 Å². The predicted molar refractivity (Wildman–Crippen MR) is 65.3 cm³/mol. The molecule has 0 bridgehead atoms. The van der Waals surface area contributed by atoms with Crippen LogP contribution in [0.2, 0.25) is 0 Å². The van der Waals surface area contributed by atoms with Gasteiger partial charge in [0.1, 0.15) is 5.60 Å². The fourth-order valence-electron chi connectivity index (χ4n) is 1.58. The molecule has 3 heteroatoms. The molecule has 0 aromatic rings. The van der Waals surface area contributed by atoms with Crippen LogP contribution < -0.4 is 0 Å². The molecule has 1 unspecified atom stereocenters. The first-order valence-corrected chi connectivity index (χ1v) is 5.68. The van der Waals surface area contributed by atoms with Gasteiger partial charge in [-0.05, 0) is 41.5 Å². The molecule has 0 aliphatic carbocycles. The first-order valence-electron chi connectivity index (χ1n) is 5.68. The van der Waals surface area contributed by atoms with Gasteiger partial charge in [0, 0.05) is 12.0 Å². The van der Waals surface area contributed by atoms with E-state index in [2.05, 4.69) is 6.58 Å². The molecule has 94 valence electrons. The normalized spacial score (nSPS) is 13.7.